The van der Waals surface area contributed by atoms with E-state index in [1.54, 1.807) is 6.08 Å². The second kappa shape index (κ2) is 4.39. The van der Waals surface area contributed by atoms with Crippen LogP contribution < -0.4 is 10.4 Å². The second-order valence-electron chi connectivity index (χ2n) is 4.73. The maximum absolute atomic E-state index is 12.3. The summed E-state index contributed by atoms with van der Waals surface area (Å²) in [5.74, 6) is 1.62. The fraction of sp³-hybridized carbons (Fsp3) is 0.118. The minimum Gasteiger partial charge on any atom is -0.462 e. The van der Waals surface area contributed by atoms with E-state index in [-0.39, 0.29) is 5.78 Å². The molecule has 1 heterocycles. The molecule has 0 spiro atoms. The maximum Gasteiger partial charge on any atom is 0.189 e. The first-order chi connectivity index (χ1) is 9.15. The summed E-state index contributed by atoms with van der Waals surface area (Å²) in [5, 5.41) is 2.09. The Morgan fingerprint density at radius 1 is 1.05 bits per heavy atom. The highest BCUT2D eigenvalue weighted by Gasteiger charge is 2.15. The Bertz CT molecular complexity index is 804. The molecule has 1 aliphatic rings. The highest BCUT2D eigenvalue weighted by Crippen LogP contribution is 2.16. The van der Waals surface area contributed by atoms with Crippen LogP contribution in [-0.4, -0.2) is 5.78 Å². The predicted octanol–water partition coefficient (Wildman–Crippen LogP) is 2.21. The van der Waals surface area contributed by atoms with Gasteiger partial charge in [-0.3, -0.25) is 4.79 Å². The van der Waals surface area contributed by atoms with E-state index in [0.29, 0.717) is 11.3 Å². The molecule has 0 unspecified atom stereocenters. The molecule has 0 saturated heterocycles. The average Bonchev–Trinajstić information content (AvgIpc) is 2.81. The summed E-state index contributed by atoms with van der Waals surface area (Å²) < 4.78 is 5.50. The van der Waals surface area contributed by atoms with Crippen LogP contribution in [0.1, 0.15) is 18.4 Å². The van der Waals surface area contributed by atoms with Crippen molar-refractivity contribution in [2.45, 2.75) is 13.8 Å². The van der Waals surface area contributed by atoms with Crippen molar-refractivity contribution in [1.82, 2.24) is 0 Å². The van der Waals surface area contributed by atoms with Crippen LogP contribution in [0.15, 0.2) is 46.4 Å². The number of furan rings is 1. The lowest BCUT2D eigenvalue weighted by atomic mass is 9.95. The third kappa shape index (κ3) is 2.06. The number of hydrogen-bond donors (Lipinski definition) is 0. The summed E-state index contributed by atoms with van der Waals surface area (Å²) in [6.07, 6.45) is 3.72. The van der Waals surface area contributed by atoms with Gasteiger partial charge in [-0.2, -0.15) is 0 Å². The lowest BCUT2D eigenvalue weighted by Gasteiger charge is -2.08. The van der Waals surface area contributed by atoms with E-state index < -0.39 is 0 Å². The largest absolute Gasteiger partial charge is 0.462 e. The smallest absolute Gasteiger partial charge is 0.189 e. The molecule has 2 nitrogen and oxygen atoms in total. The van der Waals surface area contributed by atoms with Crippen LogP contribution in [0.2, 0.25) is 0 Å². The minimum absolute atomic E-state index is 0.0627. The Hall–Kier alpha value is -2.35. The zero-order chi connectivity index (χ0) is 13.4. The van der Waals surface area contributed by atoms with Crippen LogP contribution in [0.3, 0.4) is 0 Å². The van der Waals surface area contributed by atoms with Gasteiger partial charge in [-0.15, -0.1) is 0 Å². The van der Waals surface area contributed by atoms with Gasteiger partial charge in [-0.05, 0) is 48.6 Å². The Balaban J connectivity index is 2.19. The molecular formula is C17H14O2. The fourth-order valence-corrected chi connectivity index (χ4v) is 2.33. The summed E-state index contributed by atoms with van der Waals surface area (Å²) in [6, 6.07) is 11.7. The van der Waals surface area contributed by atoms with Crippen molar-refractivity contribution >= 4 is 23.5 Å². The number of Topliss-reactive ketones (excluding diaryl/α,β-unsaturated/α-hetero) is 1. The van der Waals surface area contributed by atoms with Crippen LogP contribution in [0.5, 0.6) is 0 Å². The molecule has 0 fully saturated rings. The van der Waals surface area contributed by atoms with E-state index >= 15 is 0 Å². The second-order valence-corrected chi connectivity index (χ2v) is 4.73. The summed E-state index contributed by atoms with van der Waals surface area (Å²) in [7, 11) is 0. The molecule has 1 aromatic heterocycles. The molecule has 2 heteroatoms. The van der Waals surface area contributed by atoms with Crippen molar-refractivity contribution in [3.63, 3.8) is 0 Å². The Kier molecular flexibility index (Phi) is 2.71. The van der Waals surface area contributed by atoms with Crippen LogP contribution in [0.4, 0.5) is 0 Å². The molecule has 0 N–H and O–H groups in total. The number of aryl methyl sites for hydroxylation is 1. The SMILES string of the molecule is CC1=c2ccccc2=CC(=Cc2ccc(C)o2)C1=O. The molecule has 94 valence electrons. The van der Waals surface area contributed by atoms with Gasteiger partial charge >= 0.3 is 0 Å². The molecule has 0 aliphatic heterocycles. The van der Waals surface area contributed by atoms with Crippen molar-refractivity contribution in [1.29, 1.82) is 0 Å². The quantitative estimate of drug-likeness (QED) is 0.726. The number of carbonyl (C=O) groups excluding carboxylic acids is 1. The van der Waals surface area contributed by atoms with Gasteiger partial charge in [-0.1, -0.05) is 24.3 Å². The highest BCUT2D eigenvalue weighted by atomic mass is 16.3. The molecule has 0 amide bonds. The molecule has 0 saturated carbocycles. The highest BCUT2D eigenvalue weighted by molar-refractivity contribution is 6.29. The van der Waals surface area contributed by atoms with Crippen molar-refractivity contribution in [3.05, 3.63) is 63.9 Å². The van der Waals surface area contributed by atoms with E-state index in [1.807, 2.05) is 56.3 Å². The number of hydrogen-bond acceptors (Lipinski definition) is 2. The van der Waals surface area contributed by atoms with Crippen molar-refractivity contribution in [2.75, 3.05) is 0 Å². The summed E-state index contributed by atoms with van der Waals surface area (Å²) >= 11 is 0. The van der Waals surface area contributed by atoms with E-state index in [1.165, 1.54) is 0 Å². The van der Waals surface area contributed by atoms with Crippen LogP contribution in [0.25, 0.3) is 17.7 Å². The molecule has 19 heavy (non-hydrogen) atoms. The number of carbonyl (C=O) groups is 1. The van der Waals surface area contributed by atoms with Gasteiger partial charge in [0.15, 0.2) is 5.78 Å². The van der Waals surface area contributed by atoms with Crippen LogP contribution in [0, 0.1) is 6.92 Å². The summed E-state index contributed by atoms with van der Waals surface area (Å²) in [6.45, 7) is 3.76. The monoisotopic (exact) mass is 250 g/mol. The van der Waals surface area contributed by atoms with Gasteiger partial charge in [0.1, 0.15) is 11.5 Å². The Labute approximate surface area is 111 Å². The number of allylic oxidation sites excluding steroid dienone is 1. The molecule has 0 atom stereocenters. The zero-order valence-electron chi connectivity index (χ0n) is 10.9. The number of benzene rings is 1. The molecule has 2 aromatic rings. The van der Waals surface area contributed by atoms with E-state index in [4.69, 9.17) is 4.42 Å². The number of ketones is 1. The average molecular weight is 250 g/mol. The number of rotatable bonds is 1. The third-order valence-corrected chi connectivity index (χ3v) is 3.34. The fourth-order valence-electron chi connectivity index (χ4n) is 2.33. The van der Waals surface area contributed by atoms with Gasteiger partial charge in [0, 0.05) is 11.1 Å². The normalized spacial score (nSPS) is 16.4. The molecule has 1 aromatic carbocycles. The first kappa shape index (κ1) is 11.7. The van der Waals surface area contributed by atoms with Gasteiger partial charge in [-0.25, -0.2) is 0 Å². The molecule has 1 aliphatic carbocycles. The third-order valence-electron chi connectivity index (χ3n) is 3.34. The maximum atomic E-state index is 12.3. The van der Waals surface area contributed by atoms with Gasteiger partial charge in [0.25, 0.3) is 0 Å². The first-order valence-electron chi connectivity index (χ1n) is 6.26. The van der Waals surface area contributed by atoms with E-state index in [9.17, 15) is 4.79 Å². The predicted molar refractivity (Wildman–Crippen MR) is 75.7 cm³/mol. The van der Waals surface area contributed by atoms with E-state index in [2.05, 4.69) is 0 Å². The summed E-state index contributed by atoms with van der Waals surface area (Å²) in [5.41, 5.74) is 1.46. The molecular weight excluding hydrogens is 236 g/mol. The molecule has 0 radical (unpaired) electrons. The van der Waals surface area contributed by atoms with Crippen LogP contribution in [-0.2, 0) is 4.79 Å². The van der Waals surface area contributed by atoms with Crippen molar-refractivity contribution < 1.29 is 9.21 Å². The van der Waals surface area contributed by atoms with Crippen molar-refractivity contribution in [2.24, 2.45) is 0 Å². The topological polar surface area (TPSA) is 30.2 Å². The van der Waals surface area contributed by atoms with E-state index in [0.717, 1.165) is 21.8 Å². The molecule has 3 rings (SSSR count). The molecule has 0 bridgehead atoms. The first-order valence-corrected chi connectivity index (χ1v) is 6.26. The lowest BCUT2D eigenvalue weighted by molar-refractivity contribution is -0.110. The van der Waals surface area contributed by atoms with Crippen LogP contribution >= 0.6 is 0 Å². The van der Waals surface area contributed by atoms with Gasteiger partial charge < -0.3 is 4.42 Å². The zero-order valence-corrected chi connectivity index (χ0v) is 10.9. The standard InChI is InChI=1S/C17H14O2/c1-11-7-8-15(19-11)10-14-9-13-5-3-4-6-16(13)12(2)17(14)18/h3-10H,1-2H3. The Morgan fingerprint density at radius 3 is 2.58 bits per heavy atom. The van der Waals surface area contributed by atoms with Gasteiger partial charge in [0.2, 0.25) is 0 Å². The summed E-state index contributed by atoms with van der Waals surface area (Å²) in [4.78, 5) is 12.3. The van der Waals surface area contributed by atoms with Crippen molar-refractivity contribution in [3.8, 4) is 0 Å². The Morgan fingerprint density at radius 2 is 1.84 bits per heavy atom. The van der Waals surface area contributed by atoms with Gasteiger partial charge in [0.05, 0.1) is 0 Å². The number of fused-ring (bicyclic) bond motifs is 1. The lowest BCUT2D eigenvalue weighted by Crippen LogP contribution is -2.32. The minimum atomic E-state index is 0.0627.